The number of benzene rings is 3. The van der Waals surface area contributed by atoms with Crippen molar-refractivity contribution in [3.05, 3.63) is 102 Å². The summed E-state index contributed by atoms with van der Waals surface area (Å²) in [5, 5.41) is 7.05. The summed E-state index contributed by atoms with van der Waals surface area (Å²) >= 11 is 0. The SMILES string of the molecule is C[C@]12CCN(C(=O)[C@H]3CCCC[C@H]3NC(=O)c3ccccc3)[C@@H]1c1ccccc1N[C@@H]2c1ccccc1. The Kier molecular flexibility index (Phi) is 6.23. The molecule has 2 amide bonds. The zero-order valence-electron chi connectivity index (χ0n) is 21.4. The number of rotatable bonds is 4. The van der Waals surface area contributed by atoms with Gasteiger partial charge >= 0.3 is 0 Å². The third-order valence-electron chi connectivity index (χ3n) is 8.89. The van der Waals surface area contributed by atoms with Crippen molar-refractivity contribution in [2.24, 2.45) is 11.3 Å². The molecule has 1 saturated carbocycles. The van der Waals surface area contributed by atoms with Gasteiger partial charge in [-0.05, 0) is 48.6 Å². The van der Waals surface area contributed by atoms with E-state index in [0.29, 0.717) is 5.56 Å². The number of para-hydroxylation sites is 1. The van der Waals surface area contributed by atoms with Gasteiger partial charge in [-0.2, -0.15) is 0 Å². The zero-order valence-corrected chi connectivity index (χ0v) is 21.4. The number of nitrogens with zero attached hydrogens (tertiary/aromatic N) is 1. The lowest BCUT2D eigenvalue weighted by atomic mass is 9.68. The molecule has 37 heavy (non-hydrogen) atoms. The highest BCUT2D eigenvalue weighted by Crippen LogP contribution is 2.59. The Bertz CT molecular complexity index is 1280. The molecule has 1 saturated heterocycles. The van der Waals surface area contributed by atoms with Crippen molar-refractivity contribution in [1.82, 2.24) is 10.2 Å². The first-order valence-corrected chi connectivity index (χ1v) is 13.6. The second-order valence-corrected chi connectivity index (χ2v) is 11.1. The molecule has 3 aliphatic rings. The summed E-state index contributed by atoms with van der Waals surface area (Å²) in [6.07, 6.45) is 4.65. The highest BCUT2D eigenvalue weighted by atomic mass is 16.2. The van der Waals surface area contributed by atoms with Crippen LogP contribution in [0.3, 0.4) is 0 Å². The number of anilines is 1. The van der Waals surface area contributed by atoms with Gasteiger partial charge in [0.05, 0.1) is 18.0 Å². The van der Waals surface area contributed by atoms with Gasteiger partial charge in [0.2, 0.25) is 5.91 Å². The predicted molar refractivity (Wildman–Crippen MR) is 146 cm³/mol. The lowest BCUT2D eigenvalue weighted by molar-refractivity contribution is -0.139. The van der Waals surface area contributed by atoms with Gasteiger partial charge in [0, 0.05) is 29.3 Å². The average molecular weight is 494 g/mol. The van der Waals surface area contributed by atoms with Crippen LogP contribution in [-0.4, -0.2) is 29.3 Å². The smallest absolute Gasteiger partial charge is 0.251 e. The molecule has 2 fully saturated rings. The quantitative estimate of drug-likeness (QED) is 0.460. The van der Waals surface area contributed by atoms with Crippen molar-refractivity contribution in [2.45, 2.75) is 57.2 Å². The van der Waals surface area contributed by atoms with Gasteiger partial charge in [-0.15, -0.1) is 0 Å². The molecule has 3 aromatic rings. The number of hydrogen-bond acceptors (Lipinski definition) is 3. The average Bonchev–Trinajstić information content (AvgIpc) is 3.32. The predicted octanol–water partition coefficient (Wildman–Crippen LogP) is 6.12. The van der Waals surface area contributed by atoms with Crippen LogP contribution in [0, 0.1) is 11.3 Å². The largest absolute Gasteiger partial charge is 0.377 e. The van der Waals surface area contributed by atoms with Crippen LogP contribution in [0.5, 0.6) is 0 Å². The third kappa shape index (κ3) is 4.20. The maximum absolute atomic E-state index is 14.3. The number of carbonyl (C=O) groups excluding carboxylic acids is 2. The fourth-order valence-electron chi connectivity index (χ4n) is 7.00. The standard InChI is InChI=1S/C32H35N3O2/c1-32-20-21-35(29(32)24-16-8-10-18-26(24)33-28(32)22-12-4-2-5-13-22)31(37)25-17-9-11-19-27(25)34-30(36)23-14-6-3-7-15-23/h2-8,10,12-16,18,25,27-29,33H,9,11,17,19-21H2,1H3,(H,34,36)/t25-,27+,28+,29+,32+/m0/s1. The van der Waals surface area contributed by atoms with Crippen LogP contribution in [0.4, 0.5) is 5.69 Å². The van der Waals surface area contributed by atoms with Gasteiger partial charge in [0.1, 0.15) is 0 Å². The Morgan fingerprint density at radius 1 is 0.892 bits per heavy atom. The van der Waals surface area contributed by atoms with Gasteiger partial charge in [-0.1, -0.05) is 86.5 Å². The van der Waals surface area contributed by atoms with E-state index in [1.54, 1.807) is 0 Å². The molecule has 0 bridgehead atoms. The number of fused-ring (bicyclic) bond motifs is 3. The molecular weight excluding hydrogens is 458 g/mol. The minimum absolute atomic E-state index is 0.00458. The molecule has 2 N–H and O–H groups in total. The van der Waals surface area contributed by atoms with Crippen molar-refractivity contribution in [1.29, 1.82) is 0 Å². The van der Waals surface area contributed by atoms with E-state index in [0.717, 1.165) is 44.3 Å². The molecule has 0 radical (unpaired) electrons. The van der Waals surface area contributed by atoms with Crippen molar-refractivity contribution < 1.29 is 9.59 Å². The first kappa shape index (κ1) is 23.8. The molecule has 6 rings (SSSR count). The molecular formula is C32H35N3O2. The van der Waals surface area contributed by atoms with Crippen LogP contribution < -0.4 is 10.6 Å². The zero-order chi connectivity index (χ0) is 25.4. The highest BCUT2D eigenvalue weighted by molar-refractivity contribution is 5.95. The summed E-state index contributed by atoms with van der Waals surface area (Å²) in [6, 6.07) is 28.4. The van der Waals surface area contributed by atoms with E-state index in [-0.39, 0.29) is 41.3 Å². The Morgan fingerprint density at radius 2 is 1.57 bits per heavy atom. The van der Waals surface area contributed by atoms with Gasteiger partial charge in [-0.25, -0.2) is 0 Å². The van der Waals surface area contributed by atoms with Crippen molar-refractivity contribution in [2.75, 3.05) is 11.9 Å². The molecule has 5 heteroatoms. The summed E-state index contributed by atoms with van der Waals surface area (Å²) in [4.78, 5) is 29.5. The number of carbonyl (C=O) groups is 2. The van der Waals surface area contributed by atoms with Crippen LogP contribution in [0.1, 0.15) is 72.6 Å². The molecule has 2 heterocycles. The maximum atomic E-state index is 14.3. The van der Waals surface area contributed by atoms with E-state index in [1.165, 1.54) is 11.1 Å². The molecule has 190 valence electrons. The molecule has 0 unspecified atom stereocenters. The third-order valence-corrected chi connectivity index (χ3v) is 8.89. The van der Waals surface area contributed by atoms with E-state index in [9.17, 15) is 9.59 Å². The van der Waals surface area contributed by atoms with Crippen molar-refractivity contribution >= 4 is 17.5 Å². The fraction of sp³-hybridized carbons (Fsp3) is 0.375. The van der Waals surface area contributed by atoms with Crippen LogP contribution >= 0.6 is 0 Å². The van der Waals surface area contributed by atoms with Crippen LogP contribution in [-0.2, 0) is 4.79 Å². The van der Waals surface area contributed by atoms with Gasteiger partial charge in [0.25, 0.3) is 5.91 Å². The second-order valence-electron chi connectivity index (χ2n) is 11.1. The minimum Gasteiger partial charge on any atom is -0.377 e. The van der Waals surface area contributed by atoms with E-state index < -0.39 is 0 Å². The van der Waals surface area contributed by atoms with Gasteiger partial charge in [-0.3, -0.25) is 9.59 Å². The molecule has 3 aromatic carbocycles. The van der Waals surface area contributed by atoms with Gasteiger partial charge in [0.15, 0.2) is 0 Å². The Morgan fingerprint density at radius 3 is 2.35 bits per heavy atom. The molecule has 1 aliphatic carbocycles. The Hall–Kier alpha value is -3.60. The van der Waals surface area contributed by atoms with Crippen LogP contribution in [0.2, 0.25) is 0 Å². The van der Waals surface area contributed by atoms with Gasteiger partial charge < -0.3 is 15.5 Å². The summed E-state index contributed by atoms with van der Waals surface area (Å²) in [5.74, 6) is -0.0933. The van der Waals surface area contributed by atoms with Crippen molar-refractivity contribution in [3.8, 4) is 0 Å². The molecule has 0 aromatic heterocycles. The highest BCUT2D eigenvalue weighted by Gasteiger charge is 2.55. The summed E-state index contributed by atoms with van der Waals surface area (Å²) in [6.45, 7) is 3.07. The Balaban J connectivity index is 1.31. The number of nitrogens with one attached hydrogen (secondary N) is 2. The van der Waals surface area contributed by atoms with E-state index in [2.05, 4.69) is 77.1 Å². The number of likely N-dealkylation sites (tertiary alicyclic amines) is 1. The lowest BCUT2D eigenvalue weighted by Crippen LogP contribution is -2.51. The molecule has 5 nitrogen and oxygen atoms in total. The molecule has 5 atom stereocenters. The van der Waals surface area contributed by atoms with Crippen LogP contribution in [0.25, 0.3) is 0 Å². The van der Waals surface area contributed by atoms with Crippen LogP contribution in [0.15, 0.2) is 84.9 Å². The summed E-state index contributed by atoms with van der Waals surface area (Å²) < 4.78 is 0. The maximum Gasteiger partial charge on any atom is 0.251 e. The molecule has 0 spiro atoms. The fourth-order valence-corrected chi connectivity index (χ4v) is 7.00. The Labute approximate surface area is 219 Å². The van der Waals surface area contributed by atoms with E-state index >= 15 is 0 Å². The first-order chi connectivity index (χ1) is 18.1. The van der Waals surface area contributed by atoms with E-state index in [1.807, 2.05) is 30.3 Å². The number of hydrogen-bond donors (Lipinski definition) is 2. The monoisotopic (exact) mass is 493 g/mol. The number of amides is 2. The van der Waals surface area contributed by atoms with E-state index in [4.69, 9.17) is 0 Å². The summed E-state index contributed by atoms with van der Waals surface area (Å²) in [7, 11) is 0. The first-order valence-electron chi connectivity index (χ1n) is 13.6. The normalized spacial score (nSPS) is 28.5. The molecule has 2 aliphatic heterocycles. The van der Waals surface area contributed by atoms with Crippen molar-refractivity contribution in [3.63, 3.8) is 0 Å². The second kappa shape index (κ2) is 9.70. The minimum atomic E-state index is -0.194. The lowest BCUT2D eigenvalue weighted by Gasteiger charge is -2.48. The topological polar surface area (TPSA) is 61.4 Å². The summed E-state index contributed by atoms with van der Waals surface area (Å²) in [5.41, 5.74) is 4.07.